The minimum Gasteiger partial charge on any atom is -0.394 e. The predicted octanol–water partition coefficient (Wildman–Crippen LogP) is 1.28. The average molecular weight is 278 g/mol. The normalized spacial score (nSPS) is 26.0. The van der Waals surface area contributed by atoms with Crippen LogP contribution < -0.4 is 0 Å². The van der Waals surface area contributed by atoms with E-state index in [-0.39, 0.29) is 18.5 Å². The van der Waals surface area contributed by atoms with E-state index >= 15 is 0 Å². The van der Waals surface area contributed by atoms with Crippen LogP contribution in [0.15, 0.2) is 43.0 Å². The number of benzene rings is 1. The zero-order chi connectivity index (χ0) is 14.0. The van der Waals surface area contributed by atoms with Crippen LogP contribution in [0.1, 0.15) is 5.56 Å². The standard InChI is InChI=1S/C14H15FN2O3/c15-12-3-1-11(2-4-12)14(9-17-6-5-16-10-17)19-8-13(7-18)20-14/h1-6,10,13,18H,7-9H2. The van der Waals surface area contributed by atoms with Crippen LogP contribution >= 0.6 is 0 Å². The van der Waals surface area contributed by atoms with Crippen LogP contribution in [0.25, 0.3) is 0 Å². The van der Waals surface area contributed by atoms with E-state index in [4.69, 9.17) is 9.47 Å². The summed E-state index contributed by atoms with van der Waals surface area (Å²) in [6.07, 6.45) is 4.73. The van der Waals surface area contributed by atoms with E-state index in [0.717, 1.165) is 0 Å². The molecule has 3 rings (SSSR count). The molecule has 0 saturated carbocycles. The van der Waals surface area contributed by atoms with Crippen molar-refractivity contribution in [2.75, 3.05) is 13.2 Å². The highest BCUT2D eigenvalue weighted by Gasteiger charge is 2.43. The molecule has 20 heavy (non-hydrogen) atoms. The Morgan fingerprint density at radius 1 is 1.40 bits per heavy atom. The Bertz CT molecular complexity index is 558. The van der Waals surface area contributed by atoms with Gasteiger partial charge in [0, 0.05) is 18.0 Å². The lowest BCUT2D eigenvalue weighted by Crippen LogP contribution is -2.33. The molecule has 0 bridgehead atoms. The topological polar surface area (TPSA) is 56.5 Å². The minimum atomic E-state index is -1.03. The number of nitrogens with zero attached hydrogens (tertiary/aromatic N) is 2. The lowest BCUT2D eigenvalue weighted by molar-refractivity contribution is -0.190. The zero-order valence-corrected chi connectivity index (χ0v) is 10.8. The fourth-order valence-electron chi connectivity index (χ4n) is 2.30. The van der Waals surface area contributed by atoms with Gasteiger partial charge in [-0.3, -0.25) is 0 Å². The van der Waals surface area contributed by atoms with E-state index in [1.165, 1.54) is 12.1 Å². The molecule has 2 unspecified atom stereocenters. The van der Waals surface area contributed by atoms with Crippen LogP contribution in [0.3, 0.4) is 0 Å². The van der Waals surface area contributed by atoms with Crippen molar-refractivity contribution in [1.29, 1.82) is 0 Å². The maximum Gasteiger partial charge on any atom is 0.214 e. The first-order valence-corrected chi connectivity index (χ1v) is 6.36. The Labute approximate surface area is 115 Å². The van der Waals surface area contributed by atoms with Crippen molar-refractivity contribution in [3.05, 3.63) is 54.4 Å². The maximum atomic E-state index is 13.1. The van der Waals surface area contributed by atoms with Gasteiger partial charge in [-0.2, -0.15) is 0 Å². The molecular formula is C14H15FN2O3. The summed E-state index contributed by atoms with van der Waals surface area (Å²) in [7, 11) is 0. The Morgan fingerprint density at radius 3 is 2.80 bits per heavy atom. The number of halogens is 1. The number of ether oxygens (including phenoxy) is 2. The van der Waals surface area contributed by atoms with E-state index < -0.39 is 5.79 Å². The predicted molar refractivity (Wildman–Crippen MR) is 68.2 cm³/mol. The molecule has 1 saturated heterocycles. The minimum absolute atomic E-state index is 0.118. The Balaban J connectivity index is 1.93. The second-order valence-electron chi connectivity index (χ2n) is 4.73. The zero-order valence-electron chi connectivity index (χ0n) is 10.8. The summed E-state index contributed by atoms with van der Waals surface area (Å²) in [5.74, 6) is -1.34. The van der Waals surface area contributed by atoms with Gasteiger partial charge in [0.1, 0.15) is 11.9 Å². The monoisotopic (exact) mass is 278 g/mol. The van der Waals surface area contributed by atoms with E-state index in [1.807, 2.05) is 4.57 Å². The van der Waals surface area contributed by atoms with Gasteiger partial charge in [-0.25, -0.2) is 9.37 Å². The Morgan fingerprint density at radius 2 is 2.20 bits per heavy atom. The maximum absolute atomic E-state index is 13.1. The molecule has 1 fully saturated rings. The molecule has 0 radical (unpaired) electrons. The summed E-state index contributed by atoms with van der Waals surface area (Å²) < 4.78 is 26.5. The molecule has 6 heteroatoms. The van der Waals surface area contributed by atoms with Crippen molar-refractivity contribution in [3.8, 4) is 0 Å². The molecule has 0 spiro atoms. The van der Waals surface area contributed by atoms with Gasteiger partial charge >= 0.3 is 0 Å². The average Bonchev–Trinajstić information content (AvgIpc) is 3.10. The number of aliphatic hydroxyl groups is 1. The highest BCUT2D eigenvalue weighted by Crippen LogP contribution is 2.36. The molecule has 1 aromatic heterocycles. The van der Waals surface area contributed by atoms with Crippen molar-refractivity contribution < 1.29 is 19.0 Å². The smallest absolute Gasteiger partial charge is 0.214 e. The van der Waals surface area contributed by atoms with Gasteiger partial charge in [-0.05, 0) is 12.1 Å². The Kier molecular flexibility index (Phi) is 3.52. The van der Waals surface area contributed by atoms with Crippen LogP contribution in [-0.4, -0.2) is 34.0 Å². The highest BCUT2D eigenvalue weighted by atomic mass is 19.1. The summed E-state index contributed by atoms with van der Waals surface area (Å²) in [5, 5.41) is 9.23. The second-order valence-corrected chi connectivity index (χ2v) is 4.73. The summed E-state index contributed by atoms with van der Waals surface area (Å²) in [4.78, 5) is 3.98. The van der Waals surface area contributed by atoms with Crippen molar-refractivity contribution in [2.45, 2.75) is 18.4 Å². The van der Waals surface area contributed by atoms with Gasteiger partial charge in [0.15, 0.2) is 0 Å². The quantitative estimate of drug-likeness (QED) is 0.915. The van der Waals surface area contributed by atoms with E-state index in [1.54, 1.807) is 30.9 Å². The van der Waals surface area contributed by atoms with Crippen LogP contribution in [0.2, 0.25) is 0 Å². The molecule has 1 aromatic carbocycles. The van der Waals surface area contributed by atoms with Crippen molar-refractivity contribution in [2.24, 2.45) is 0 Å². The van der Waals surface area contributed by atoms with Gasteiger partial charge < -0.3 is 19.1 Å². The molecule has 2 aromatic rings. The number of aliphatic hydroxyl groups excluding tert-OH is 1. The van der Waals surface area contributed by atoms with E-state index in [9.17, 15) is 9.50 Å². The van der Waals surface area contributed by atoms with Crippen LogP contribution in [0, 0.1) is 5.82 Å². The van der Waals surface area contributed by atoms with Gasteiger partial charge in [0.2, 0.25) is 5.79 Å². The molecule has 1 aliphatic heterocycles. The molecule has 0 aliphatic carbocycles. The van der Waals surface area contributed by atoms with Gasteiger partial charge in [-0.15, -0.1) is 0 Å². The van der Waals surface area contributed by atoms with E-state index in [0.29, 0.717) is 18.7 Å². The largest absolute Gasteiger partial charge is 0.394 e. The van der Waals surface area contributed by atoms with Crippen molar-refractivity contribution >= 4 is 0 Å². The first-order valence-electron chi connectivity index (χ1n) is 6.36. The fourth-order valence-corrected chi connectivity index (χ4v) is 2.30. The van der Waals surface area contributed by atoms with Gasteiger partial charge in [-0.1, -0.05) is 12.1 Å². The van der Waals surface area contributed by atoms with E-state index in [2.05, 4.69) is 4.98 Å². The van der Waals surface area contributed by atoms with Crippen LogP contribution in [0.4, 0.5) is 4.39 Å². The molecule has 1 N–H and O–H groups in total. The lowest BCUT2D eigenvalue weighted by atomic mass is 10.1. The molecule has 0 amide bonds. The summed E-state index contributed by atoms with van der Waals surface area (Å²) in [6.45, 7) is 0.560. The summed E-state index contributed by atoms with van der Waals surface area (Å²) in [6, 6.07) is 5.99. The number of aromatic nitrogens is 2. The van der Waals surface area contributed by atoms with Crippen LogP contribution in [0.5, 0.6) is 0 Å². The summed E-state index contributed by atoms with van der Waals surface area (Å²) in [5.41, 5.74) is 0.712. The molecule has 2 heterocycles. The number of hydrogen-bond donors (Lipinski definition) is 1. The number of rotatable bonds is 4. The van der Waals surface area contributed by atoms with Crippen molar-refractivity contribution in [3.63, 3.8) is 0 Å². The summed E-state index contributed by atoms with van der Waals surface area (Å²) >= 11 is 0. The molecular weight excluding hydrogens is 263 g/mol. The number of imidazole rings is 1. The first-order chi connectivity index (χ1) is 9.72. The van der Waals surface area contributed by atoms with Crippen LogP contribution in [-0.2, 0) is 21.8 Å². The lowest BCUT2D eigenvalue weighted by Gasteiger charge is -2.28. The highest BCUT2D eigenvalue weighted by molar-refractivity contribution is 5.22. The number of hydrogen-bond acceptors (Lipinski definition) is 4. The molecule has 1 aliphatic rings. The molecule has 2 atom stereocenters. The third-order valence-electron chi connectivity index (χ3n) is 3.30. The fraction of sp³-hybridized carbons (Fsp3) is 0.357. The Hall–Kier alpha value is -1.76. The molecule has 106 valence electrons. The third-order valence-corrected chi connectivity index (χ3v) is 3.30. The molecule has 5 nitrogen and oxygen atoms in total. The second kappa shape index (κ2) is 5.32. The third kappa shape index (κ3) is 2.45. The SMILES string of the molecule is OCC1COC(Cn2ccnc2)(c2ccc(F)cc2)O1. The van der Waals surface area contributed by atoms with Crippen molar-refractivity contribution in [1.82, 2.24) is 9.55 Å². The van der Waals surface area contributed by atoms with Gasteiger partial charge in [0.05, 0.1) is 26.1 Å². The van der Waals surface area contributed by atoms with Gasteiger partial charge in [0.25, 0.3) is 0 Å². The first kappa shape index (κ1) is 13.2.